The lowest BCUT2D eigenvalue weighted by Crippen LogP contribution is -2.30. The van der Waals surface area contributed by atoms with E-state index in [4.69, 9.17) is 13.9 Å². The molecule has 0 aliphatic heterocycles. The molecule has 1 heterocycles. The van der Waals surface area contributed by atoms with Gasteiger partial charge >= 0.3 is 0 Å². The van der Waals surface area contributed by atoms with Crippen molar-refractivity contribution in [3.05, 3.63) is 100 Å². The van der Waals surface area contributed by atoms with Gasteiger partial charge in [-0.2, -0.15) is 0 Å². The highest BCUT2D eigenvalue weighted by molar-refractivity contribution is 5.83. The summed E-state index contributed by atoms with van der Waals surface area (Å²) in [6.07, 6.45) is 2.05. The lowest BCUT2D eigenvalue weighted by molar-refractivity contribution is -0.123. The topological polar surface area (TPSA) is 77.8 Å². The SMILES string of the molecule is Cc1c(OCC(=O)NCCc2ccccc2)ccc2c(=O)c(Oc3ccccc3)coc12. The molecule has 0 saturated carbocycles. The predicted molar refractivity (Wildman–Crippen MR) is 122 cm³/mol. The Morgan fingerprint density at radius 1 is 0.938 bits per heavy atom. The van der Waals surface area contributed by atoms with Crippen LogP contribution in [-0.4, -0.2) is 19.1 Å². The molecule has 1 amide bonds. The quantitative estimate of drug-likeness (QED) is 0.442. The van der Waals surface area contributed by atoms with E-state index in [2.05, 4.69) is 5.32 Å². The van der Waals surface area contributed by atoms with Gasteiger partial charge in [0.2, 0.25) is 11.2 Å². The molecular weight excluding hydrogens is 406 g/mol. The van der Waals surface area contributed by atoms with E-state index < -0.39 is 0 Å². The van der Waals surface area contributed by atoms with Crippen LogP contribution in [0.2, 0.25) is 0 Å². The van der Waals surface area contributed by atoms with Crippen molar-refractivity contribution in [2.45, 2.75) is 13.3 Å². The van der Waals surface area contributed by atoms with Crippen LogP contribution in [0.1, 0.15) is 11.1 Å². The fourth-order valence-corrected chi connectivity index (χ4v) is 3.33. The monoisotopic (exact) mass is 429 g/mol. The van der Waals surface area contributed by atoms with Gasteiger partial charge in [0.05, 0.1) is 5.39 Å². The first kappa shape index (κ1) is 21.2. The number of para-hydroxylation sites is 1. The van der Waals surface area contributed by atoms with Crippen LogP contribution in [-0.2, 0) is 11.2 Å². The van der Waals surface area contributed by atoms with Crippen molar-refractivity contribution in [3.8, 4) is 17.2 Å². The number of carbonyl (C=O) groups excluding carboxylic acids is 1. The van der Waals surface area contributed by atoms with Gasteiger partial charge in [0.15, 0.2) is 6.61 Å². The van der Waals surface area contributed by atoms with Gasteiger partial charge in [-0.15, -0.1) is 0 Å². The molecule has 162 valence electrons. The average Bonchev–Trinajstić information content (AvgIpc) is 2.82. The summed E-state index contributed by atoms with van der Waals surface area (Å²) < 4.78 is 17.0. The number of hydrogen-bond acceptors (Lipinski definition) is 5. The van der Waals surface area contributed by atoms with Gasteiger partial charge in [0, 0.05) is 12.1 Å². The molecule has 1 aromatic heterocycles. The first-order valence-electron chi connectivity index (χ1n) is 10.3. The fraction of sp³-hybridized carbons (Fsp3) is 0.154. The highest BCUT2D eigenvalue weighted by Gasteiger charge is 2.14. The first-order valence-corrected chi connectivity index (χ1v) is 10.3. The van der Waals surface area contributed by atoms with E-state index in [0.29, 0.717) is 34.6 Å². The number of nitrogens with one attached hydrogen (secondary N) is 1. The Hall–Kier alpha value is -4.06. The third-order valence-corrected chi connectivity index (χ3v) is 5.02. The van der Waals surface area contributed by atoms with Gasteiger partial charge in [-0.3, -0.25) is 9.59 Å². The largest absolute Gasteiger partial charge is 0.483 e. The standard InChI is InChI=1S/C26H23NO5/c1-18-22(30-17-24(28)27-15-14-19-8-4-2-5-9-19)13-12-21-25(29)23(16-31-26(18)21)32-20-10-6-3-7-11-20/h2-13,16H,14-15,17H2,1H3,(H,27,28). The average molecular weight is 429 g/mol. The Morgan fingerprint density at radius 2 is 1.66 bits per heavy atom. The van der Waals surface area contributed by atoms with E-state index in [1.807, 2.05) is 48.5 Å². The molecule has 6 heteroatoms. The fourth-order valence-electron chi connectivity index (χ4n) is 3.33. The summed E-state index contributed by atoms with van der Waals surface area (Å²) >= 11 is 0. The van der Waals surface area contributed by atoms with Crippen molar-refractivity contribution in [1.29, 1.82) is 0 Å². The third-order valence-electron chi connectivity index (χ3n) is 5.02. The van der Waals surface area contributed by atoms with Gasteiger partial charge in [-0.25, -0.2) is 0 Å². The number of hydrogen-bond donors (Lipinski definition) is 1. The highest BCUT2D eigenvalue weighted by Crippen LogP contribution is 2.28. The molecule has 32 heavy (non-hydrogen) atoms. The molecule has 0 unspecified atom stereocenters. The number of aryl methyl sites for hydroxylation is 1. The predicted octanol–water partition coefficient (Wildman–Crippen LogP) is 4.63. The number of carbonyl (C=O) groups is 1. The molecule has 0 fully saturated rings. The first-order chi connectivity index (χ1) is 15.6. The molecular formula is C26H23NO5. The zero-order valence-corrected chi connectivity index (χ0v) is 17.7. The summed E-state index contributed by atoms with van der Waals surface area (Å²) in [5.41, 5.74) is 1.92. The molecule has 0 bridgehead atoms. The van der Waals surface area contributed by atoms with Crippen LogP contribution in [0.25, 0.3) is 11.0 Å². The maximum Gasteiger partial charge on any atom is 0.257 e. The second kappa shape index (κ2) is 9.83. The van der Waals surface area contributed by atoms with Gasteiger partial charge in [-0.05, 0) is 43.2 Å². The minimum atomic E-state index is -0.275. The Morgan fingerprint density at radius 3 is 2.41 bits per heavy atom. The Bertz CT molecular complexity index is 1270. The second-order valence-corrected chi connectivity index (χ2v) is 7.28. The van der Waals surface area contributed by atoms with E-state index in [0.717, 1.165) is 12.0 Å². The number of fused-ring (bicyclic) bond motifs is 1. The highest BCUT2D eigenvalue weighted by atomic mass is 16.5. The Labute approximate surface area is 185 Å². The molecule has 0 spiro atoms. The number of benzene rings is 3. The molecule has 3 aromatic carbocycles. The molecule has 0 aliphatic carbocycles. The zero-order valence-electron chi connectivity index (χ0n) is 17.7. The molecule has 0 radical (unpaired) electrons. The summed E-state index contributed by atoms with van der Waals surface area (Å²) in [5, 5.41) is 3.23. The Balaban J connectivity index is 1.40. The van der Waals surface area contributed by atoms with Crippen LogP contribution in [0.15, 0.2) is 88.3 Å². The maximum absolute atomic E-state index is 12.8. The van der Waals surface area contributed by atoms with E-state index in [9.17, 15) is 9.59 Å². The van der Waals surface area contributed by atoms with Crippen molar-refractivity contribution < 1.29 is 18.7 Å². The maximum atomic E-state index is 12.8. The molecule has 6 nitrogen and oxygen atoms in total. The van der Waals surface area contributed by atoms with Crippen molar-refractivity contribution in [1.82, 2.24) is 5.32 Å². The van der Waals surface area contributed by atoms with Crippen molar-refractivity contribution in [3.63, 3.8) is 0 Å². The van der Waals surface area contributed by atoms with Gasteiger partial charge < -0.3 is 19.2 Å². The molecule has 0 atom stereocenters. The van der Waals surface area contributed by atoms with E-state index >= 15 is 0 Å². The number of rotatable bonds is 8. The van der Waals surface area contributed by atoms with Crippen LogP contribution in [0.3, 0.4) is 0 Å². The summed E-state index contributed by atoms with van der Waals surface area (Å²) in [6, 6.07) is 22.3. The van der Waals surface area contributed by atoms with Gasteiger partial charge in [0.25, 0.3) is 5.91 Å². The van der Waals surface area contributed by atoms with Crippen LogP contribution in [0.4, 0.5) is 0 Å². The Kier molecular flexibility index (Phi) is 6.51. The summed E-state index contributed by atoms with van der Waals surface area (Å²) in [7, 11) is 0. The molecule has 0 aliphatic rings. The molecule has 1 N–H and O–H groups in total. The second-order valence-electron chi connectivity index (χ2n) is 7.28. The summed E-state index contributed by atoms with van der Waals surface area (Å²) in [6.45, 7) is 2.19. The third kappa shape index (κ3) is 4.98. The number of amides is 1. The van der Waals surface area contributed by atoms with E-state index in [1.165, 1.54) is 6.26 Å². The molecule has 4 aromatic rings. The minimum absolute atomic E-state index is 0.106. The van der Waals surface area contributed by atoms with Crippen molar-refractivity contribution in [2.75, 3.05) is 13.2 Å². The zero-order chi connectivity index (χ0) is 22.3. The van der Waals surface area contributed by atoms with E-state index in [1.54, 1.807) is 31.2 Å². The van der Waals surface area contributed by atoms with Crippen LogP contribution >= 0.6 is 0 Å². The van der Waals surface area contributed by atoms with Crippen molar-refractivity contribution >= 4 is 16.9 Å². The van der Waals surface area contributed by atoms with Crippen molar-refractivity contribution in [2.24, 2.45) is 0 Å². The lowest BCUT2D eigenvalue weighted by atomic mass is 10.1. The normalized spacial score (nSPS) is 10.7. The molecule has 4 rings (SSSR count). The van der Waals surface area contributed by atoms with Crippen LogP contribution in [0.5, 0.6) is 17.2 Å². The smallest absolute Gasteiger partial charge is 0.257 e. The minimum Gasteiger partial charge on any atom is -0.483 e. The van der Waals surface area contributed by atoms with Gasteiger partial charge in [0.1, 0.15) is 23.3 Å². The van der Waals surface area contributed by atoms with Crippen LogP contribution < -0.4 is 20.2 Å². The lowest BCUT2D eigenvalue weighted by Gasteiger charge is -2.12. The summed E-state index contributed by atoms with van der Waals surface area (Å²) in [4.78, 5) is 24.9. The van der Waals surface area contributed by atoms with Gasteiger partial charge in [-0.1, -0.05) is 48.5 Å². The van der Waals surface area contributed by atoms with Crippen LogP contribution in [0, 0.1) is 6.92 Å². The molecule has 0 saturated heterocycles. The number of ether oxygens (including phenoxy) is 2. The van der Waals surface area contributed by atoms with E-state index in [-0.39, 0.29) is 23.7 Å². The summed E-state index contributed by atoms with van der Waals surface area (Å²) in [5.74, 6) is 0.924.